The Kier molecular flexibility index (Phi) is 10.0. The van der Waals surface area contributed by atoms with Crippen molar-refractivity contribution in [3.05, 3.63) is 102 Å². The van der Waals surface area contributed by atoms with Crippen LogP contribution < -0.4 is 10.5 Å². The highest BCUT2D eigenvalue weighted by Crippen LogP contribution is 2.72. The summed E-state index contributed by atoms with van der Waals surface area (Å²) in [4.78, 5) is 26.3. The number of esters is 2. The molecule has 0 aromatic heterocycles. The zero-order valence-electron chi connectivity index (χ0n) is 25.8. The zero-order chi connectivity index (χ0) is 31.2. The van der Waals surface area contributed by atoms with Gasteiger partial charge in [-0.2, -0.15) is 0 Å². The fourth-order valence-corrected chi connectivity index (χ4v) is 7.13. The number of ether oxygens (including phenoxy) is 5. The monoisotopic (exact) mass is 601 g/mol. The number of hydrogen-bond acceptors (Lipinski definition) is 8. The quantitative estimate of drug-likeness (QED) is 0.209. The lowest BCUT2D eigenvalue weighted by Gasteiger charge is -2.43. The van der Waals surface area contributed by atoms with Gasteiger partial charge in [0.05, 0.1) is 46.8 Å². The minimum atomic E-state index is -1.33. The van der Waals surface area contributed by atoms with Gasteiger partial charge in [-0.1, -0.05) is 72.8 Å². The standard InChI is InChI=1S/C36H43NO7/c1-40-28-16-14-25(15-17-28)20-30(37)32(44-23-27-12-8-5-9-13-27)29-21-35(24-36(35,33(38)41-2)34(39)42-3)19-18-31(29)43-22-26-10-6-4-7-11-26/h4-17,29-32H,18-24,37H2,1-3H3/t29?,30-,31-,32-,35+/m0/s1. The molecule has 3 aromatic carbocycles. The van der Waals surface area contributed by atoms with Gasteiger partial charge in [0.25, 0.3) is 0 Å². The van der Waals surface area contributed by atoms with Gasteiger partial charge in [0, 0.05) is 12.0 Å². The fraction of sp³-hybridized carbons (Fsp3) is 0.444. The van der Waals surface area contributed by atoms with Crippen molar-refractivity contribution >= 4 is 11.9 Å². The highest BCUT2D eigenvalue weighted by Gasteiger charge is 2.79. The van der Waals surface area contributed by atoms with Crippen LogP contribution in [0.5, 0.6) is 5.75 Å². The molecule has 3 aromatic rings. The summed E-state index contributed by atoms with van der Waals surface area (Å²) in [5.74, 6) is -0.508. The Morgan fingerprint density at radius 3 is 1.98 bits per heavy atom. The minimum absolute atomic E-state index is 0.194. The van der Waals surface area contributed by atoms with Crippen LogP contribution in [0.4, 0.5) is 0 Å². The van der Waals surface area contributed by atoms with E-state index in [1.54, 1.807) is 7.11 Å². The van der Waals surface area contributed by atoms with E-state index in [0.29, 0.717) is 45.3 Å². The van der Waals surface area contributed by atoms with E-state index in [1.807, 2.05) is 84.9 Å². The van der Waals surface area contributed by atoms with Gasteiger partial charge in [-0.15, -0.1) is 0 Å². The molecule has 1 unspecified atom stereocenters. The van der Waals surface area contributed by atoms with Gasteiger partial charge in [0.2, 0.25) is 0 Å². The van der Waals surface area contributed by atoms with Crippen molar-refractivity contribution in [2.75, 3.05) is 21.3 Å². The third kappa shape index (κ3) is 6.53. The summed E-state index contributed by atoms with van der Waals surface area (Å²) < 4.78 is 29.0. The van der Waals surface area contributed by atoms with E-state index in [2.05, 4.69) is 0 Å². The Labute approximate surface area is 259 Å². The molecule has 1 spiro atoms. The number of hydrogen-bond donors (Lipinski definition) is 1. The third-order valence-corrected chi connectivity index (χ3v) is 9.53. The lowest BCUT2D eigenvalue weighted by Crippen LogP contribution is -2.51. The summed E-state index contributed by atoms with van der Waals surface area (Å²) in [5, 5.41) is 0. The average molecular weight is 602 g/mol. The number of benzene rings is 3. The summed E-state index contributed by atoms with van der Waals surface area (Å²) in [5.41, 5.74) is 8.26. The Morgan fingerprint density at radius 2 is 1.41 bits per heavy atom. The smallest absolute Gasteiger partial charge is 0.323 e. The molecule has 2 aliphatic rings. The van der Waals surface area contributed by atoms with Crippen LogP contribution in [0.25, 0.3) is 0 Å². The molecule has 0 amide bonds. The molecule has 0 heterocycles. The predicted octanol–water partition coefficient (Wildman–Crippen LogP) is 5.26. The van der Waals surface area contributed by atoms with Crippen LogP contribution >= 0.6 is 0 Å². The van der Waals surface area contributed by atoms with Gasteiger partial charge in [-0.25, -0.2) is 0 Å². The lowest BCUT2D eigenvalue weighted by molar-refractivity contribution is -0.167. The van der Waals surface area contributed by atoms with Gasteiger partial charge >= 0.3 is 11.9 Å². The third-order valence-electron chi connectivity index (χ3n) is 9.53. The van der Waals surface area contributed by atoms with Gasteiger partial charge < -0.3 is 29.4 Å². The first kappa shape index (κ1) is 31.7. The van der Waals surface area contributed by atoms with E-state index >= 15 is 0 Å². The average Bonchev–Trinajstić information content (AvgIpc) is 3.72. The van der Waals surface area contributed by atoms with Crippen LogP contribution in [0.15, 0.2) is 84.9 Å². The summed E-state index contributed by atoms with van der Waals surface area (Å²) in [6.45, 7) is 0.809. The molecule has 2 N–H and O–H groups in total. The van der Waals surface area contributed by atoms with Crippen LogP contribution in [-0.4, -0.2) is 51.5 Å². The predicted molar refractivity (Wildman–Crippen MR) is 166 cm³/mol. The first-order valence-electron chi connectivity index (χ1n) is 15.2. The number of methoxy groups -OCH3 is 3. The van der Waals surface area contributed by atoms with Gasteiger partial charge in [-0.3, -0.25) is 9.59 Å². The second kappa shape index (κ2) is 13.9. The summed E-state index contributed by atoms with van der Waals surface area (Å²) in [6.07, 6.45) is 2.12. The second-order valence-corrected chi connectivity index (χ2v) is 12.1. The van der Waals surface area contributed by atoms with Crippen LogP contribution in [-0.2, 0) is 48.2 Å². The van der Waals surface area contributed by atoms with Gasteiger partial charge in [-0.05, 0) is 66.3 Å². The molecule has 0 saturated heterocycles. The Bertz CT molecular complexity index is 1360. The maximum atomic E-state index is 13.2. The van der Waals surface area contributed by atoms with Crippen molar-refractivity contribution in [3.63, 3.8) is 0 Å². The number of rotatable bonds is 13. The molecule has 0 bridgehead atoms. The van der Waals surface area contributed by atoms with Crippen LogP contribution in [0.1, 0.15) is 42.4 Å². The summed E-state index contributed by atoms with van der Waals surface area (Å²) in [7, 11) is 4.28. The largest absolute Gasteiger partial charge is 0.497 e. The fourth-order valence-electron chi connectivity index (χ4n) is 7.13. The highest BCUT2D eigenvalue weighted by molar-refractivity contribution is 6.05. The molecule has 2 fully saturated rings. The molecule has 5 rings (SSSR count). The van der Waals surface area contributed by atoms with Crippen molar-refractivity contribution in [1.82, 2.24) is 0 Å². The number of carbonyl (C=O) groups is 2. The minimum Gasteiger partial charge on any atom is -0.497 e. The van der Waals surface area contributed by atoms with Gasteiger partial charge in [0.1, 0.15) is 5.75 Å². The first-order chi connectivity index (χ1) is 21.4. The maximum Gasteiger partial charge on any atom is 0.323 e. The Hall–Kier alpha value is -3.72. The second-order valence-electron chi connectivity index (χ2n) is 12.1. The van der Waals surface area contributed by atoms with E-state index in [-0.39, 0.29) is 18.1 Å². The Balaban J connectivity index is 1.47. The normalized spacial score (nSPS) is 23.4. The van der Waals surface area contributed by atoms with Gasteiger partial charge in [0.15, 0.2) is 5.41 Å². The zero-order valence-corrected chi connectivity index (χ0v) is 25.8. The molecule has 8 heteroatoms. The van der Waals surface area contributed by atoms with Crippen molar-refractivity contribution in [2.24, 2.45) is 22.5 Å². The van der Waals surface area contributed by atoms with E-state index in [0.717, 1.165) is 22.4 Å². The first-order valence-corrected chi connectivity index (χ1v) is 15.2. The molecule has 0 radical (unpaired) electrons. The molecular formula is C36H43NO7. The van der Waals surface area contributed by atoms with Crippen molar-refractivity contribution in [3.8, 4) is 5.75 Å². The molecule has 2 saturated carbocycles. The highest BCUT2D eigenvalue weighted by atomic mass is 16.5. The van der Waals surface area contributed by atoms with E-state index in [4.69, 9.17) is 29.4 Å². The molecule has 0 aliphatic heterocycles. The molecule has 2 aliphatic carbocycles. The van der Waals surface area contributed by atoms with E-state index in [9.17, 15) is 9.59 Å². The summed E-state index contributed by atoms with van der Waals surface area (Å²) >= 11 is 0. The number of nitrogens with two attached hydrogens (primary N) is 1. The summed E-state index contributed by atoms with van der Waals surface area (Å²) in [6, 6.07) is 27.5. The maximum absolute atomic E-state index is 13.2. The SMILES string of the molecule is COC(=O)C1(C(=O)OC)C[C@]12CC[C@H](OCc1ccccc1)C([C@H](OCc1ccccc1)[C@@H](N)Cc1ccc(OC)cc1)C2. The number of carbonyl (C=O) groups excluding carboxylic acids is 2. The molecule has 5 atom stereocenters. The molecule has 8 nitrogen and oxygen atoms in total. The van der Waals surface area contributed by atoms with Crippen LogP contribution in [0.3, 0.4) is 0 Å². The van der Waals surface area contributed by atoms with E-state index in [1.165, 1.54) is 14.2 Å². The lowest BCUT2D eigenvalue weighted by atomic mass is 9.69. The van der Waals surface area contributed by atoms with Crippen LogP contribution in [0, 0.1) is 16.7 Å². The Morgan fingerprint density at radius 1 is 0.818 bits per heavy atom. The van der Waals surface area contributed by atoms with Crippen LogP contribution in [0.2, 0.25) is 0 Å². The molecule has 234 valence electrons. The van der Waals surface area contributed by atoms with Crippen molar-refractivity contribution in [1.29, 1.82) is 0 Å². The topological polar surface area (TPSA) is 106 Å². The van der Waals surface area contributed by atoms with Crippen molar-refractivity contribution in [2.45, 2.75) is 63.6 Å². The molecule has 44 heavy (non-hydrogen) atoms. The van der Waals surface area contributed by atoms with Crippen molar-refractivity contribution < 1.29 is 33.3 Å². The van der Waals surface area contributed by atoms with E-state index < -0.39 is 28.9 Å². The molecular weight excluding hydrogens is 558 g/mol.